The molecule has 0 radical (unpaired) electrons. The van der Waals surface area contributed by atoms with Gasteiger partial charge in [0, 0.05) is 31.0 Å². The van der Waals surface area contributed by atoms with Gasteiger partial charge in [-0.3, -0.25) is 14.6 Å². The van der Waals surface area contributed by atoms with Gasteiger partial charge in [0.2, 0.25) is 5.91 Å². The Hall–Kier alpha value is -3.58. The summed E-state index contributed by atoms with van der Waals surface area (Å²) in [6, 6.07) is 14.9. The minimum absolute atomic E-state index is 0.128. The maximum Gasteiger partial charge on any atom is 0.257 e. The maximum atomic E-state index is 12.8. The van der Waals surface area contributed by atoms with Crippen LogP contribution >= 0.6 is 11.6 Å². The number of likely N-dealkylation sites (N-methyl/N-ethyl adjacent to an activating group) is 1. The number of carbonyl (C=O) groups is 2. The third-order valence-corrected chi connectivity index (χ3v) is 5.48. The average molecular weight is 436 g/mol. The van der Waals surface area contributed by atoms with Crippen LogP contribution < -0.4 is 20.9 Å². The van der Waals surface area contributed by atoms with E-state index in [9.17, 15) is 9.59 Å². The molecule has 31 heavy (non-hydrogen) atoms. The van der Waals surface area contributed by atoms with E-state index in [0.717, 1.165) is 28.4 Å². The molecule has 0 spiro atoms. The molecule has 158 valence electrons. The van der Waals surface area contributed by atoms with Crippen LogP contribution in [0, 0.1) is 0 Å². The number of benzene rings is 2. The smallest absolute Gasteiger partial charge is 0.257 e. The molecule has 2 aromatic carbocycles. The summed E-state index contributed by atoms with van der Waals surface area (Å²) in [6.45, 7) is 0.891. The zero-order valence-corrected chi connectivity index (χ0v) is 17.7. The Morgan fingerprint density at radius 3 is 2.81 bits per heavy atom. The lowest BCUT2D eigenvalue weighted by molar-refractivity contribution is -0.114. The summed E-state index contributed by atoms with van der Waals surface area (Å²) in [5, 5.41) is 9.65. The largest absolute Gasteiger partial charge is 0.374 e. The van der Waals surface area contributed by atoms with Gasteiger partial charge in [-0.15, -0.1) is 0 Å². The number of anilines is 4. The van der Waals surface area contributed by atoms with Gasteiger partial charge in [-0.05, 0) is 42.3 Å². The lowest BCUT2D eigenvalue weighted by atomic mass is 10.1. The van der Waals surface area contributed by atoms with Crippen LogP contribution in [0.3, 0.4) is 0 Å². The first-order valence-corrected chi connectivity index (χ1v) is 10.3. The number of nitrogens with zero attached hydrogens (tertiary/aromatic N) is 2. The monoisotopic (exact) mass is 435 g/mol. The van der Waals surface area contributed by atoms with Crippen LogP contribution in [-0.2, 0) is 11.2 Å². The second-order valence-electron chi connectivity index (χ2n) is 7.28. The molecule has 1 aliphatic heterocycles. The van der Waals surface area contributed by atoms with Crippen molar-refractivity contribution in [3.63, 3.8) is 0 Å². The fraction of sp³-hybridized carbons (Fsp3) is 0.174. The van der Waals surface area contributed by atoms with Crippen LogP contribution in [0.1, 0.15) is 15.9 Å². The molecule has 0 aliphatic carbocycles. The van der Waals surface area contributed by atoms with Gasteiger partial charge >= 0.3 is 0 Å². The van der Waals surface area contributed by atoms with E-state index in [1.807, 2.05) is 37.4 Å². The molecule has 0 saturated heterocycles. The molecule has 0 atom stereocenters. The lowest BCUT2D eigenvalue weighted by Gasteiger charge is -2.27. The molecule has 2 amide bonds. The third-order valence-electron chi connectivity index (χ3n) is 5.11. The highest BCUT2D eigenvalue weighted by Gasteiger charge is 2.20. The van der Waals surface area contributed by atoms with Gasteiger partial charge in [-0.2, -0.15) is 0 Å². The molecule has 8 heteroatoms. The Balaban J connectivity index is 1.62. The van der Waals surface area contributed by atoms with E-state index in [1.54, 1.807) is 24.4 Å². The van der Waals surface area contributed by atoms with Crippen LogP contribution in [0.15, 0.2) is 60.9 Å². The van der Waals surface area contributed by atoms with Crippen molar-refractivity contribution >= 4 is 46.2 Å². The molecule has 3 N–H and O–H groups in total. The number of amides is 2. The van der Waals surface area contributed by atoms with Crippen molar-refractivity contribution < 1.29 is 9.59 Å². The van der Waals surface area contributed by atoms with Crippen LogP contribution in [0.25, 0.3) is 0 Å². The Morgan fingerprint density at radius 1 is 1.19 bits per heavy atom. The number of pyridine rings is 1. The lowest BCUT2D eigenvalue weighted by Crippen LogP contribution is -2.29. The number of fused-ring (bicyclic) bond motifs is 1. The first-order chi connectivity index (χ1) is 15.0. The summed E-state index contributed by atoms with van der Waals surface area (Å²) in [7, 11) is 1.96. The Morgan fingerprint density at radius 2 is 2.03 bits per heavy atom. The zero-order valence-electron chi connectivity index (χ0n) is 17.0. The number of rotatable bonds is 6. The average Bonchev–Trinajstić information content (AvgIpc) is 2.78. The Labute approximate surface area is 185 Å². The SMILES string of the molecule is CN(CCc1ccccc1Cl)c1cc2c(cc1NC(=O)c1cccnc1)NC(=O)CN2. The molecule has 0 unspecified atom stereocenters. The summed E-state index contributed by atoms with van der Waals surface area (Å²) in [5.41, 5.74) is 4.36. The molecular weight excluding hydrogens is 414 g/mol. The van der Waals surface area contributed by atoms with Crippen LogP contribution in [-0.4, -0.2) is 36.9 Å². The van der Waals surface area contributed by atoms with Crippen molar-refractivity contribution in [3.8, 4) is 0 Å². The van der Waals surface area contributed by atoms with E-state index in [4.69, 9.17) is 11.6 Å². The Kier molecular flexibility index (Phi) is 6.04. The quantitative estimate of drug-likeness (QED) is 0.544. The summed E-state index contributed by atoms with van der Waals surface area (Å²) in [6.07, 6.45) is 3.87. The van der Waals surface area contributed by atoms with Crippen molar-refractivity contribution in [1.82, 2.24) is 4.98 Å². The third kappa shape index (κ3) is 4.78. The standard InChI is InChI=1S/C23H22ClN5O2/c1-29(10-8-15-5-2-3-7-17(15)24)21-12-18-19(27-22(30)14-26-18)11-20(21)28-23(31)16-6-4-9-25-13-16/h2-7,9,11-13,26H,8,10,14H2,1H3,(H,27,30)(H,28,31). The fourth-order valence-corrected chi connectivity index (χ4v) is 3.66. The molecule has 0 bridgehead atoms. The molecule has 7 nitrogen and oxygen atoms in total. The molecule has 4 rings (SSSR count). The van der Waals surface area contributed by atoms with Gasteiger partial charge in [0.15, 0.2) is 0 Å². The van der Waals surface area contributed by atoms with E-state index in [-0.39, 0.29) is 18.4 Å². The van der Waals surface area contributed by atoms with Crippen molar-refractivity contribution in [2.45, 2.75) is 6.42 Å². The summed E-state index contributed by atoms with van der Waals surface area (Å²) in [5.74, 6) is -0.402. The van der Waals surface area contributed by atoms with Crippen molar-refractivity contribution in [1.29, 1.82) is 0 Å². The maximum absolute atomic E-state index is 12.8. The minimum Gasteiger partial charge on any atom is -0.374 e. The minimum atomic E-state index is -0.274. The molecule has 1 aliphatic rings. The van der Waals surface area contributed by atoms with Crippen LogP contribution in [0.2, 0.25) is 5.02 Å². The Bertz CT molecular complexity index is 1120. The number of hydrogen-bond acceptors (Lipinski definition) is 5. The van der Waals surface area contributed by atoms with E-state index < -0.39 is 0 Å². The number of aromatic nitrogens is 1. The second kappa shape index (κ2) is 9.06. The van der Waals surface area contributed by atoms with E-state index >= 15 is 0 Å². The van der Waals surface area contributed by atoms with Gasteiger partial charge in [0.05, 0.1) is 34.9 Å². The first-order valence-electron chi connectivity index (χ1n) is 9.89. The second-order valence-corrected chi connectivity index (χ2v) is 7.68. The van der Waals surface area contributed by atoms with Crippen LogP contribution in [0.5, 0.6) is 0 Å². The van der Waals surface area contributed by atoms with Gasteiger partial charge in [-0.1, -0.05) is 29.8 Å². The van der Waals surface area contributed by atoms with Gasteiger partial charge in [0.25, 0.3) is 5.91 Å². The number of hydrogen-bond donors (Lipinski definition) is 3. The predicted octanol–water partition coefficient (Wildman–Crippen LogP) is 4.03. The van der Waals surface area contributed by atoms with E-state index in [2.05, 4.69) is 25.8 Å². The van der Waals surface area contributed by atoms with E-state index in [0.29, 0.717) is 23.5 Å². The molecule has 1 aromatic heterocycles. The highest BCUT2D eigenvalue weighted by atomic mass is 35.5. The number of nitrogens with one attached hydrogen (secondary N) is 3. The molecule has 0 fully saturated rings. The molecular formula is C23H22ClN5O2. The molecule has 0 saturated carbocycles. The van der Waals surface area contributed by atoms with Crippen LogP contribution in [0.4, 0.5) is 22.7 Å². The number of halogens is 1. The summed E-state index contributed by atoms with van der Waals surface area (Å²) >= 11 is 6.30. The highest BCUT2D eigenvalue weighted by molar-refractivity contribution is 6.31. The zero-order chi connectivity index (χ0) is 21.8. The van der Waals surface area contributed by atoms with Crippen molar-refractivity contribution in [3.05, 3.63) is 77.1 Å². The number of carbonyl (C=O) groups excluding carboxylic acids is 2. The predicted molar refractivity (Wildman–Crippen MR) is 124 cm³/mol. The summed E-state index contributed by atoms with van der Waals surface area (Å²) in [4.78, 5) is 30.6. The van der Waals surface area contributed by atoms with Gasteiger partial charge in [-0.25, -0.2) is 0 Å². The molecule has 3 aromatic rings. The van der Waals surface area contributed by atoms with Gasteiger partial charge in [0.1, 0.15) is 0 Å². The van der Waals surface area contributed by atoms with Gasteiger partial charge < -0.3 is 20.9 Å². The summed E-state index contributed by atoms with van der Waals surface area (Å²) < 4.78 is 0. The molecule has 2 heterocycles. The fourth-order valence-electron chi connectivity index (χ4n) is 3.43. The first kappa shape index (κ1) is 20.7. The normalized spacial score (nSPS) is 12.4. The van der Waals surface area contributed by atoms with E-state index in [1.165, 1.54) is 6.20 Å². The van der Waals surface area contributed by atoms with Crippen molar-refractivity contribution in [2.24, 2.45) is 0 Å². The topological polar surface area (TPSA) is 86.4 Å². The highest BCUT2D eigenvalue weighted by Crippen LogP contribution is 2.37. The van der Waals surface area contributed by atoms with Crippen molar-refractivity contribution in [2.75, 3.05) is 41.0 Å².